The number of thiocarbonyl (C=S) groups is 1. The Bertz CT molecular complexity index is 792. The molecule has 7 heteroatoms. The van der Waals surface area contributed by atoms with Crippen LogP contribution >= 0.6 is 24.0 Å². The summed E-state index contributed by atoms with van der Waals surface area (Å²) in [5.74, 6) is -0.424. The molecule has 1 atom stereocenters. The van der Waals surface area contributed by atoms with Gasteiger partial charge in [0.1, 0.15) is 4.32 Å². The van der Waals surface area contributed by atoms with Crippen LogP contribution in [0.5, 0.6) is 0 Å². The molecule has 1 heterocycles. The van der Waals surface area contributed by atoms with E-state index in [1.807, 2.05) is 30.3 Å². The minimum atomic E-state index is -0.848. The third kappa shape index (κ3) is 4.30. The standard InChI is InChI=1S/C19H18N2O3S2/c22-14(12-26-19(25)20-10-13-6-2-1-3-7-13)11-21-17(23)15-8-4-5-9-16(15)18(21)24/h1-9,14,22H,10-12H2,(H,20,25). The number of benzene rings is 2. The lowest BCUT2D eigenvalue weighted by atomic mass is 10.1. The first-order chi connectivity index (χ1) is 12.6. The highest BCUT2D eigenvalue weighted by atomic mass is 32.2. The highest BCUT2D eigenvalue weighted by Gasteiger charge is 2.36. The van der Waals surface area contributed by atoms with Gasteiger partial charge in [0.25, 0.3) is 11.8 Å². The number of nitrogens with zero attached hydrogens (tertiary/aromatic N) is 1. The van der Waals surface area contributed by atoms with E-state index >= 15 is 0 Å². The molecule has 2 aromatic rings. The number of rotatable bonds is 6. The van der Waals surface area contributed by atoms with Crippen LogP contribution in [0.25, 0.3) is 0 Å². The highest BCUT2D eigenvalue weighted by Crippen LogP contribution is 2.23. The van der Waals surface area contributed by atoms with Gasteiger partial charge < -0.3 is 10.4 Å². The number of nitrogens with one attached hydrogen (secondary N) is 1. The molecule has 0 fully saturated rings. The average molecular weight is 386 g/mol. The van der Waals surface area contributed by atoms with Crippen molar-refractivity contribution in [1.29, 1.82) is 0 Å². The minimum absolute atomic E-state index is 0.0410. The van der Waals surface area contributed by atoms with Crippen molar-refractivity contribution in [3.63, 3.8) is 0 Å². The average Bonchev–Trinajstić information content (AvgIpc) is 2.91. The Labute approximate surface area is 161 Å². The van der Waals surface area contributed by atoms with Crippen LogP contribution in [-0.2, 0) is 6.54 Å². The van der Waals surface area contributed by atoms with Gasteiger partial charge in [0.05, 0.1) is 23.8 Å². The van der Waals surface area contributed by atoms with E-state index in [0.29, 0.717) is 27.7 Å². The Morgan fingerprint density at radius 1 is 1.04 bits per heavy atom. The summed E-state index contributed by atoms with van der Waals surface area (Å²) in [6.07, 6.45) is -0.848. The summed E-state index contributed by atoms with van der Waals surface area (Å²) in [5.41, 5.74) is 1.89. The van der Waals surface area contributed by atoms with Crippen molar-refractivity contribution < 1.29 is 14.7 Å². The second-order valence-corrected chi connectivity index (χ2v) is 7.55. The van der Waals surface area contributed by atoms with Gasteiger partial charge in [-0.3, -0.25) is 14.5 Å². The Kier molecular flexibility index (Phi) is 6.03. The summed E-state index contributed by atoms with van der Waals surface area (Å²) in [6, 6.07) is 16.5. The zero-order valence-corrected chi connectivity index (χ0v) is 15.6. The first kappa shape index (κ1) is 18.6. The molecule has 1 aliphatic rings. The van der Waals surface area contributed by atoms with Gasteiger partial charge in [0.15, 0.2) is 0 Å². The van der Waals surface area contributed by atoms with E-state index in [-0.39, 0.29) is 18.4 Å². The van der Waals surface area contributed by atoms with E-state index in [4.69, 9.17) is 12.2 Å². The molecular formula is C19H18N2O3S2. The molecule has 26 heavy (non-hydrogen) atoms. The van der Waals surface area contributed by atoms with Crippen LogP contribution in [0.1, 0.15) is 26.3 Å². The molecule has 2 amide bonds. The number of carbonyl (C=O) groups excluding carboxylic acids is 2. The van der Waals surface area contributed by atoms with Crippen molar-refractivity contribution in [1.82, 2.24) is 10.2 Å². The number of hydrogen-bond donors (Lipinski definition) is 2. The fraction of sp³-hybridized carbons (Fsp3) is 0.211. The third-order valence-electron chi connectivity index (χ3n) is 3.96. The molecule has 0 saturated carbocycles. The zero-order valence-electron chi connectivity index (χ0n) is 13.9. The Morgan fingerprint density at radius 2 is 1.62 bits per heavy atom. The summed E-state index contributed by atoms with van der Waals surface area (Å²) in [5, 5.41) is 13.3. The number of imide groups is 1. The number of aliphatic hydroxyl groups is 1. The van der Waals surface area contributed by atoms with Crippen molar-refractivity contribution in [3.8, 4) is 0 Å². The Balaban J connectivity index is 1.46. The summed E-state index contributed by atoms with van der Waals surface area (Å²) in [4.78, 5) is 25.7. The lowest BCUT2D eigenvalue weighted by Gasteiger charge is -2.18. The summed E-state index contributed by atoms with van der Waals surface area (Å²) in [7, 11) is 0. The van der Waals surface area contributed by atoms with Gasteiger partial charge >= 0.3 is 0 Å². The zero-order chi connectivity index (χ0) is 18.5. The second-order valence-electron chi connectivity index (χ2n) is 5.86. The van der Waals surface area contributed by atoms with Crippen LogP contribution in [0.15, 0.2) is 54.6 Å². The van der Waals surface area contributed by atoms with Gasteiger partial charge in [-0.1, -0.05) is 66.4 Å². The number of fused-ring (bicyclic) bond motifs is 1. The van der Waals surface area contributed by atoms with Crippen molar-refractivity contribution in [3.05, 3.63) is 71.3 Å². The Hall–Kier alpha value is -2.22. The molecule has 2 aromatic carbocycles. The molecule has 1 aliphatic heterocycles. The third-order valence-corrected chi connectivity index (χ3v) is 5.41. The predicted octanol–water partition coefficient (Wildman–Crippen LogP) is 2.45. The van der Waals surface area contributed by atoms with Crippen LogP contribution in [-0.4, -0.2) is 44.5 Å². The minimum Gasteiger partial charge on any atom is -0.390 e. The first-order valence-electron chi connectivity index (χ1n) is 8.14. The maximum Gasteiger partial charge on any atom is 0.261 e. The molecule has 0 saturated heterocycles. The van der Waals surface area contributed by atoms with Crippen LogP contribution in [0, 0.1) is 0 Å². The molecule has 2 N–H and O–H groups in total. The molecule has 0 bridgehead atoms. The van der Waals surface area contributed by atoms with Crippen molar-refractivity contribution >= 4 is 40.1 Å². The van der Waals surface area contributed by atoms with Crippen molar-refractivity contribution in [2.45, 2.75) is 12.6 Å². The maximum absolute atomic E-state index is 12.3. The molecular weight excluding hydrogens is 368 g/mol. The first-order valence-corrected chi connectivity index (χ1v) is 9.53. The van der Waals surface area contributed by atoms with E-state index in [1.165, 1.54) is 11.8 Å². The van der Waals surface area contributed by atoms with Gasteiger partial charge in [0.2, 0.25) is 0 Å². The Morgan fingerprint density at radius 3 is 2.23 bits per heavy atom. The van der Waals surface area contributed by atoms with Gasteiger partial charge in [-0.2, -0.15) is 0 Å². The number of β-amino-alcohol motifs (C(OH)–C–C–N with tert-alkyl or cyclic N) is 1. The van der Waals surface area contributed by atoms with Crippen LogP contribution in [0.3, 0.4) is 0 Å². The van der Waals surface area contributed by atoms with Gasteiger partial charge in [-0.25, -0.2) is 0 Å². The second kappa shape index (κ2) is 8.44. The van der Waals surface area contributed by atoms with Gasteiger partial charge in [0, 0.05) is 12.3 Å². The van der Waals surface area contributed by atoms with Crippen LogP contribution in [0.2, 0.25) is 0 Å². The van der Waals surface area contributed by atoms with Crippen LogP contribution in [0.4, 0.5) is 0 Å². The number of amides is 2. The number of aliphatic hydroxyl groups excluding tert-OH is 1. The molecule has 1 unspecified atom stereocenters. The smallest absolute Gasteiger partial charge is 0.261 e. The molecule has 0 spiro atoms. The predicted molar refractivity (Wildman–Crippen MR) is 106 cm³/mol. The van der Waals surface area contributed by atoms with E-state index in [0.717, 1.165) is 10.5 Å². The van der Waals surface area contributed by atoms with E-state index < -0.39 is 6.10 Å². The SMILES string of the molecule is O=C1c2ccccc2C(=O)N1CC(O)CSC(=S)NCc1ccccc1. The quantitative estimate of drug-likeness (QED) is 0.587. The van der Waals surface area contributed by atoms with Crippen molar-refractivity contribution in [2.75, 3.05) is 12.3 Å². The molecule has 0 aromatic heterocycles. The van der Waals surface area contributed by atoms with E-state index in [2.05, 4.69) is 5.32 Å². The maximum atomic E-state index is 12.3. The molecule has 3 rings (SSSR count). The van der Waals surface area contributed by atoms with E-state index in [9.17, 15) is 14.7 Å². The molecule has 0 radical (unpaired) electrons. The fourth-order valence-electron chi connectivity index (χ4n) is 2.66. The summed E-state index contributed by atoms with van der Waals surface area (Å²) < 4.78 is 0.565. The lowest BCUT2D eigenvalue weighted by molar-refractivity contribution is 0.0567. The summed E-state index contributed by atoms with van der Waals surface area (Å²) >= 11 is 6.55. The largest absolute Gasteiger partial charge is 0.390 e. The topological polar surface area (TPSA) is 69.6 Å². The van der Waals surface area contributed by atoms with E-state index in [1.54, 1.807) is 24.3 Å². The molecule has 0 aliphatic carbocycles. The van der Waals surface area contributed by atoms with Gasteiger partial charge in [-0.05, 0) is 17.7 Å². The number of hydrogen-bond acceptors (Lipinski definition) is 5. The molecule has 5 nitrogen and oxygen atoms in total. The van der Waals surface area contributed by atoms with Gasteiger partial charge in [-0.15, -0.1) is 0 Å². The number of carbonyl (C=O) groups is 2. The fourth-order valence-corrected chi connectivity index (χ4v) is 3.56. The highest BCUT2D eigenvalue weighted by molar-refractivity contribution is 8.23. The normalized spacial score (nSPS) is 14.3. The number of thioether (sulfide) groups is 1. The molecule has 134 valence electrons. The monoisotopic (exact) mass is 386 g/mol. The summed E-state index contributed by atoms with van der Waals surface area (Å²) in [6.45, 7) is 0.571. The van der Waals surface area contributed by atoms with Crippen LogP contribution < -0.4 is 5.32 Å². The lowest BCUT2D eigenvalue weighted by Crippen LogP contribution is -2.38. The van der Waals surface area contributed by atoms with Crippen molar-refractivity contribution in [2.24, 2.45) is 0 Å².